The predicted octanol–water partition coefficient (Wildman–Crippen LogP) is 3.71. The number of hydrogen-bond donors (Lipinski definition) is 0. The number of carbonyl (C=O) groups is 2. The second-order valence-electron chi connectivity index (χ2n) is 8.74. The normalized spacial score (nSPS) is 15.5. The van der Waals surface area contributed by atoms with Crippen molar-refractivity contribution in [2.45, 2.75) is 39.7 Å². The van der Waals surface area contributed by atoms with E-state index in [1.165, 1.54) is 28.6 Å². The van der Waals surface area contributed by atoms with Crippen LogP contribution in [0.25, 0.3) is 6.08 Å². The summed E-state index contributed by atoms with van der Waals surface area (Å²) in [6.07, 6.45) is 1.84. The summed E-state index contributed by atoms with van der Waals surface area (Å²) < 4.78 is 12.2. The summed E-state index contributed by atoms with van der Waals surface area (Å²) in [5.74, 6) is -0.579. The van der Waals surface area contributed by atoms with Gasteiger partial charge in [-0.1, -0.05) is 61.6 Å². The van der Waals surface area contributed by atoms with Gasteiger partial charge in [-0.2, -0.15) is 0 Å². The van der Waals surface area contributed by atoms with E-state index in [1.807, 2.05) is 18.2 Å². The van der Waals surface area contributed by atoms with E-state index in [2.05, 4.69) is 31.0 Å². The van der Waals surface area contributed by atoms with Crippen LogP contribution in [0.2, 0.25) is 0 Å². The van der Waals surface area contributed by atoms with Gasteiger partial charge < -0.3 is 9.47 Å². The Morgan fingerprint density at radius 2 is 1.75 bits per heavy atom. The summed E-state index contributed by atoms with van der Waals surface area (Å²) in [6, 6.07) is 14.0. The van der Waals surface area contributed by atoms with E-state index in [9.17, 15) is 14.4 Å². The average molecular weight is 505 g/mol. The number of benzene rings is 2. The second kappa shape index (κ2) is 10.5. The number of thiazole rings is 1. The number of fused-ring (bicyclic) bond motifs is 1. The lowest BCUT2D eigenvalue weighted by molar-refractivity contribution is -0.139. The number of hydrogen-bond acceptors (Lipinski definition) is 7. The Kier molecular flexibility index (Phi) is 7.35. The highest BCUT2D eigenvalue weighted by atomic mass is 32.1. The minimum Gasteiger partial charge on any atom is -0.465 e. The molecule has 1 aliphatic heterocycles. The third-order valence-electron chi connectivity index (χ3n) is 6.07. The molecule has 0 fully saturated rings. The van der Waals surface area contributed by atoms with Crippen LogP contribution in [0, 0.1) is 0 Å². The van der Waals surface area contributed by atoms with E-state index in [0.29, 0.717) is 37.6 Å². The third-order valence-corrected chi connectivity index (χ3v) is 7.05. The zero-order chi connectivity index (χ0) is 26.0. The van der Waals surface area contributed by atoms with E-state index >= 15 is 0 Å². The molecule has 0 saturated heterocycles. The first-order valence-corrected chi connectivity index (χ1v) is 12.5. The molecule has 0 spiro atoms. The molecule has 0 aliphatic carbocycles. The van der Waals surface area contributed by atoms with Crippen LogP contribution in [0.5, 0.6) is 0 Å². The number of aromatic nitrogens is 1. The molecule has 0 saturated carbocycles. The van der Waals surface area contributed by atoms with Crippen molar-refractivity contribution in [3.8, 4) is 0 Å². The Balaban J connectivity index is 1.88. The van der Waals surface area contributed by atoms with Crippen LogP contribution >= 0.6 is 11.3 Å². The first kappa shape index (κ1) is 25.3. The molecule has 4 rings (SSSR count). The van der Waals surface area contributed by atoms with Gasteiger partial charge in [0.05, 0.1) is 41.1 Å². The molecule has 1 unspecified atom stereocenters. The fourth-order valence-electron chi connectivity index (χ4n) is 4.15. The van der Waals surface area contributed by atoms with Crippen LogP contribution in [-0.4, -0.2) is 30.2 Å². The summed E-state index contributed by atoms with van der Waals surface area (Å²) in [7, 11) is 1.31. The quantitative estimate of drug-likeness (QED) is 0.478. The van der Waals surface area contributed by atoms with E-state index in [-0.39, 0.29) is 12.2 Å². The summed E-state index contributed by atoms with van der Waals surface area (Å²) in [5, 5.41) is 0. The van der Waals surface area contributed by atoms with Gasteiger partial charge in [0.1, 0.15) is 0 Å². The zero-order valence-corrected chi connectivity index (χ0v) is 21.7. The number of nitrogens with zero attached hydrogens (tertiary/aromatic N) is 2. The van der Waals surface area contributed by atoms with Gasteiger partial charge in [-0.05, 0) is 54.7 Å². The van der Waals surface area contributed by atoms with Crippen molar-refractivity contribution in [3.05, 3.63) is 102 Å². The van der Waals surface area contributed by atoms with Crippen molar-refractivity contribution in [2.75, 3.05) is 13.7 Å². The van der Waals surface area contributed by atoms with Crippen molar-refractivity contribution < 1.29 is 19.1 Å². The number of ether oxygens (including phenoxy) is 2. The van der Waals surface area contributed by atoms with Crippen LogP contribution in [0.3, 0.4) is 0 Å². The van der Waals surface area contributed by atoms with Gasteiger partial charge in [0.2, 0.25) is 0 Å². The summed E-state index contributed by atoms with van der Waals surface area (Å²) >= 11 is 1.28. The summed E-state index contributed by atoms with van der Waals surface area (Å²) in [4.78, 5) is 43.7. The van der Waals surface area contributed by atoms with Crippen molar-refractivity contribution >= 4 is 29.4 Å². The highest BCUT2D eigenvalue weighted by molar-refractivity contribution is 7.07. The van der Waals surface area contributed by atoms with Gasteiger partial charge in [-0.25, -0.2) is 14.6 Å². The maximum absolute atomic E-state index is 13.7. The SMILES string of the molecule is CCOC(=O)C1=C(C)N=c2sc(=Cc3ccc(C(C)C)cc3)c(=O)n2C1c1ccc(C(=O)OC)cc1. The first-order chi connectivity index (χ1) is 17.2. The number of carbonyl (C=O) groups excluding carboxylic acids is 2. The molecule has 7 nitrogen and oxygen atoms in total. The standard InChI is InChI=1S/C28H28N2O5S/c1-6-35-27(33)23-17(4)29-28-30(24(23)20-11-13-21(14-12-20)26(32)34-5)25(31)22(36-28)15-18-7-9-19(10-8-18)16(2)3/h7-16,24H,6H2,1-5H3. The fourth-order valence-corrected chi connectivity index (χ4v) is 5.20. The lowest BCUT2D eigenvalue weighted by Crippen LogP contribution is -2.40. The molecule has 1 aliphatic rings. The number of allylic oxidation sites excluding steroid dienone is 1. The molecule has 0 N–H and O–H groups in total. The van der Waals surface area contributed by atoms with Crippen molar-refractivity contribution in [2.24, 2.45) is 4.99 Å². The molecule has 0 radical (unpaired) electrons. The maximum Gasteiger partial charge on any atom is 0.338 e. The lowest BCUT2D eigenvalue weighted by Gasteiger charge is -2.24. The fraction of sp³-hybridized carbons (Fsp3) is 0.286. The average Bonchev–Trinajstić information content (AvgIpc) is 3.17. The Hall–Kier alpha value is -3.78. The van der Waals surface area contributed by atoms with E-state index in [1.54, 1.807) is 38.1 Å². The van der Waals surface area contributed by atoms with Crippen molar-refractivity contribution in [1.29, 1.82) is 0 Å². The minimum atomic E-state index is -0.738. The summed E-state index contributed by atoms with van der Waals surface area (Å²) in [6.45, 7) is 7.93. The van der Waals surface area contributed by atoms with Crippen LogP contribution in [0.15, 0.2) is 69.6 Å². The Morgan fingerprint density at radius 1 is 1.08 bits per heavy atom. The molecule has 1 atom stereocenters. The van der Waals surface area contributed by atoms with Gasteiger partial charge in [0, 0.05) is 0 Å². The van der Waals surface area contributed by atoms with E-state index in [4.69, 9.17) is 9.47 Å². The summed E-state index contributed by atoms with van der Waals surface area (Å²) in [5.41, 5.74) is 3.70. The van der Waals surface area contributed by atoms with Gasteiger partial charge in [0.25, 0.3) is 5.56 Å². The monoisotopic (exact) mass is 504 g/mol. The Morgan fingerprint density at radius 3 is 2.33 bits per heavy atom. The van der Waals surface area contributed by atoms with Crippen LogP contribution < -0.4 is 14.9 Å². The van der Waals surface area contributed by atoms with Gasteiger partial charge >= 0.3 is 11.9 Å². The number of rotatable bonds is 6. The van der Waals surface area contributed by atoms with Gasteiger partial charge in [-0.15, -0.1) is 0 Å². The molecular formula is C28H28N2O5S. The van der Waals surface area contributed by atoms with Gasteiger partial charge in [-0.3, -0.25) is 9.36 Å². The van der Waals surface area contributed by atoms with Crippen molar-refractivity contribution in [3.63, 3.8) is 0 Å². The van der Waals surface area contributed by atoms with E-state index < -0.39 is 18.0 Å². The molecule has 2 aromatic carbocycles. The highest BCUT2D eigenvalue weighted by Crippen LogP contribution is 2.31. The molecule has 8 heteroatoms. The van der Waals surface area contributed by atoms with Crippen LogP contribution in [0.4, 0.5) is 0 Å². The van der Waals surface area contributed by atoms with Crippen molar-refractivity contribution in [1.82, 2.24) is 4.57 Å². The molecule has 36 heavy (non-hydrogen) atoms. The number of methoxy groups -OCH3 is 1. The highest BCUT2D eigenvalue weighted by Gasteiger charge is 2.33. The third kappa shape index (κ3) is 4.81. The minimum absolute atomic E-state index is 0.195. The number of esters is 2. The van der Waals surface area contributed by atoms with Crippen LogP contribution in [0.1, 0.15) is 66.7 Å². The molecule has 0 bridgehead atoms. The topological polar surface area (TPSA) is 87.0 Å². The molecule has 3 aromatic rings. The Bertz CT molecular complexity index is 1510. The molecule has 1 aromatic heterocycles. The van der Waals surface area contributed by atoms with Gasteiger partial charge in [0.15, 0.2) is 4.80 Å². The first-order valence-electron chi connectivity index (χ1n) is 11.7. The largest absolute Gasteiger partial charge is 0.465 e. The Labute approximate surface area is 213 Å². The molecule has 2 heterocycles. The van der Waals surface area contributed by atoms with Crippen LogP contribution in [-0.2, 0) is 14.3 Å². The van der Waals surface area contributed by atoms with E-state index in [0.717, 1.165) is 5.56 Å². The maximum atomic E-state index is 13.7. The lowest BCUT2D eigenvalue weighted by atomic mass is 9.95. The smallest absolute Gasteiger partial charge is 0.338 e. The molecule has 0 amide bonds. The molecular weight excluding hydrogens is 476 g/mol. The predicted molar refractivity (Wildman–Crippen MR) is 139 cm³/mol. The molecule has 186 valence electrons. The zero-order valence-electron chi connectivity index (χ0n) is 20.9. The second-order valence-corrected chi connectivity index (χ2v) is 9.75.